The lowest BCUT2D eigenvalue weighted by molar-refractivity contribution is -0.116. The van der Waals surface area contributed by atoms with Crippen LogP contribution in [0.1, 0.15) is 29.4 Å². The number of benzene rings is 2. The zero-order valence-electron chi connectivity index (χ0n) is 18.5. The minimum absolute atomic E-state index is 0.0994. The van der Waals surface area contributed by atoms with Crippen LogP contribution in [-0.2, 0) is 22.6 Å². The Labute approximate surface area is 197 Å². The Morgan fingerprint density at radius 2 is 1.81 bits per heavy atom. The monoisotopic (exact) mass is 471 g/mol. The summed E-state index contributed by atoms with van der Waals surface area (Å²) >= 11 is 7.39. The number of nitrogens with zero attached hydrogens (tertiary/aromatic N) is 3. The molecule has 0 bridgehead atoms. The summed E-state index contributed by atoms with van der Waals surface area (Å²) in [6.45, 7) is 8.44. The zero-order valence-corrected chi connectivity index (χ0v) is 20.1. The second-order valence-electron chi connectivity index (χ2n) is 7.42. The first-order valence-electron chi connectivity index (χ1n) is 10.3. The van der Waals surface area contributed by atoms with Crippen LogP contribution in [0.15, 0.2) is 41.6 Å². The van der Waals surface area contributed by atoms with Crippen molar-refractivity contribution >= 4 is 46.6 Å². The normalized spacial score (nSPS) is 10.8. The van der Waals surface area contributed by atoms with Crippen molar-refractivity contribution < 1.29 is 9.59 Å². The van der Waals surface area contributed by atoms with E-state index in [0.717, 1.165) is 16.8 Å². The molecule has 0 aliphatic rings. The lowest BCUT2D eigenvalue weighted by atomic mass is 10.1. The van der Waals surface area contributed by atoms with Crippen LogP contribution in [0.2, 0.25) is 5.02 Å². The smallest absolute Gasteiger partial charge is 0.234 e. The van der Waals surface area contributed by atoms with Crippen molar-refractivity contribution in [2.75, 3.05) is 16.4 Å². The van der Waals surface area contributed by atoms with E-state index in [-0.39, 0.29) is 24.0 Å². The van der Waals surface area contributed by atoms with Crippen molar-refractivity contribution in [3.8, 4) is 0 Å². The SMILES string of the molecule is CCn1c(CC(=O)Nc2ccc(C)c(C)c2)nnc1SCC(=O)Nc1cccc(Cl)c1C. The van der Waals surface area contributed by atoms with Gasteiger partial charge in [-0.05, 0) is 68.7 Å². The predicted molar refractivity (Wildman–Crippen MR) is 129 cm³/mol. The molecule has 3 aromatic rings. The van der Waals surface area contributed by atoms with Gasteiger partial charge in [0.25, 0.3) is 0 Å². The molecular weight excluding hydrogens is 446 g/mol. The first kappa shape index (κ1) is 23.8. The zero-order chi connectivity index (χ0) is 23.3. The summed E-state index contributed by atoms with van der Waals surface area (Å²) < 4.78 is 1.85. The Bertz CT molecular complexity index is 1150. The van der Waals surface area contributed by atoms with Crippen molar-refractivity contribution in [3.63, 3.8) is 0 Å². The van der Waals surface area contributed by atoms with Crippen molar-refractivity contribution in [3.05, 3.63) is 63.9 Å². The van der Waals surface area contributed by atoms with Crippen LogP contribution in [-0.4, -0.2) is 32.3 Å². The second kappa shape index (κ2) is 10.7. The number of hydrogen-bond donors (Lipinski definition) is 2. The van der Waals surface area contributed by atoms with E-state index in [4.69, 9.17) is 11.6 Å². The Morgan fingerprint density at radius 3 is 2.53 bits per heavy atom. The molecule has 1 aromatic heterocycles. The number of aryl methyl sites for hydroxylation is 2. The Morgan fingerprint density at radius 1 is 1.03 bits per heavy atom. The first-order chi connectivity index (χ1) is 15.3. The summed E-state index contributed by atoms with van der Waals surface area (Å²) in [4.78, 5) is 24.9. The molecule has 32 heavy (non-hydrogen) atoms. The standard InChI is InChI=1S/C23H26ClN5O2S/c1-5-29-20(12-21(30)25-17-10-9-14(2)15(3)11-17)27-28-23(29)32-13-22(31)26-19-8-6-7-18(24)16(19)4/h6-11H,5,12-13H2,1-4H3,(H,25,30)(H,26,31). The van der Waals surface area contributed by atoms with Gasteiger partial charge in [-0.15, -0.1) is 10.2 Å². The third-order valence-corrected chi connectivity index (χ3v) is 6.47. The van der Waals surface area contributed by atoms with Crippen LogP contribution in [0.5, 0.6) is 0 Å². The molecule has 0 radical (unpaired) electrons. The van der Waals surface area contributed by atoms with Crippen molar-refractivity contribution in [1.82, 2.24) is 14.8 Å². The summed E-state index contributed by atoms with van der Waals surface area (Å²) in [6.07, 6.45) is 0.0994. The number of amides is 2. The van der Waals surface area contributed by atoms with Crippen LogP contribution in [0, 0.1) is 20.8 Å². The van der Waals surface area contributed by atoms with Gasteiger partial charge in [0, 0.05) is 22.9 Å². The maximum atomic E-state index is 12.5. The van der Waals surface area contributed by atoms with E-state index in [0.29, 0.717) is 28.2 Å². The van der Waals surface area contributed by atoms with E-state index in [1.807, 2.05) is 56.5 Å². The molecule has 7 nitrogen and oxygen atoms in total. The Balaban J connectivity index is 1.60. The molecule has 2 N–H and O–H groups in total. The molecule has 168 valence electrons. The average Bonchev–Trinajstić information content (AvgIpc) is 3.13. The van der Waals surface area contributed by atoms with Crippen LogP contribution >= 0.6 is 23.4 Å². The van der Waals surface area contributed by atoms with Crippen LogP contribution in [0.4, 0.5) is 11.4 Å². The Kier molecular flexibility index (Phi) is 7.93. The highest BCUT2D eigenvalue weighted by Gasteiger charge is 2.16. The van der Waals surface area contributed by atoms with Gasteiger partial charge in [-0.2, -0.15) is 0 Å². The van der Waals surface area contributed by atoms with Gasteiger partial charge in [0.05, 0.1) is 12.2 Å². The van der Waals surface area contributed by atoms with E-state index in [1.165, 1.54) is 17.3 Å². The van der Waals surface area contributed by atoms with Gasteiger partial charge < -0.3 is 15.2 Å². The lowest BCUT2D eigenvalue weighted by Crippen LogP contribution is -2.18. The summed E-state index contributed by atoms with van der Waals surface area (Å²) in [6, 6.07) is 11.2. The molecule has 0 atom stereocenters. The Hall–Kier alpha value is -2.84. The number of nitrogens with one attached hydrogen (secondary N) is 2. The van der Waals surface area contributed by atoms with Gasteiger partial charge >= 0.3 is 0 Å². The number of aromatic nitrogens is 3. The van der Waals surface area contributed by atoms with Gasteiger partial charge in [0.15, 0.2) is 5.16 Å². The maximum absolute atomic E-state index is 12.5. The van der Waals surface area contributed by atoms with Gasteiger partial charge in [-0.25, -0.2) is 0 Å². The van der Waals surface area contributed by atoms with Gasteiger partial charge in [0.2, 0.25) is 11.8 Å². The molecule has 9 heteroatoms. The lowest BCUT2D eigenvalue weighted by Gasteiger charge is -2.10. The molecule has 0 aliphatic carbocycles. The summed E-state index contributed by atoms with van der Waals surface area (Å²) in [7, 11) is 0. The highest BCUT2D eigenvalue weighted by atomic mass is 35.5. The van der Waals surface area contributed by atoms with E-state index < -0.39 is 0 Å². The first-order valence-corrected chi connectivity index (χ1v) is 11.6. The summed E-state index contributed by atoms with van der Waals surface area (Å²) in [5.41, 5.74) is 4.54. The third-order valence-electron chi connectivity index (χ3n) is 5.09. The predicted octanol–water partition coefficient (Wildman–Crippen LogP) is 4.79. The van der Waals surface area contributed by atoms with Gasteiger partial charge in [-0.3, -0.25) is 9.59 Å². The van der Waals surface area contributed by atoms with Crippen LogP contribution < -0.4 is 10.6 Å². The number of anilines is 2. The van der Waals surface area contributed by atoms with Gasteiger partial charge in [0.1, 0.15) is 5.82 Å². The van der Waals surface area contributed by atoms with Gasteiger partial charge in [-0.1, -0.05) is 35.5 Å². The number of carbonyl (C=O) groups is 2. The largest absolute Gasteiger partial charge is 0.326 e. The minimum atomic E-state index is -0.167. The van der Waals surface area contributed by atoms with Crippen molar-refractivity contribution in [2.24, 2.45) is 0 Å². The number of hydrogen-bond acceptors (Lipinski definition) is 5. The molecule has 0 spiro atoms. The minimum Gasteiger partial charge on any atom is -0.326 e. The van der Waals surface area contributed by atoms with Crippen LogP contribution in [0.3, 0.4) is 0 Å². The van der Waals surface area contributed by atoms with E-state index in [9.17, 15) is 9.59 Å². The molecule has 2 aromatic carbocycles. The average molecular weight is 472 g/mol. The van der Waals surface area contributed by atoms with E-state index >= 15 is 0 Å². The molecular formula is C23H26ClN5O2S. The molecule has 3 rings (SSSR count). The van der Waals surface area contributed by atoms with Crippen LogP contribution in [0.25, 0.3) is 0 Å². The molecule has 0 unspecified atom stereocenters. The topological polar surface area (TPSA) is 88.9 Å². The molecule has 0 aliphatic heterocycles. The quantitative estimate of drug-likeness (QED) is 0.461. The molecule has 1 heterocycles. The third kappa shape index (κ3) is 5.89. The highest BCUT2D eigenvalue weighted by molar-refractivity contribution is 7.99. The number of halogens is 1. The summed E-state index contributed by atoms with van der Waals surface area (Å²) in [5.74, 6) is 0.391. The van der Waals surface area contributed by atoms with E-state index in [1.54, 1.807) is 12.1 Å². The molecule has 0 saturated heterocycles. The summed E-state index contributed by atoms with van der Waals surface area (Å²) in [5, 5.41) is 15.3. The fourth-order valence-electron chi connectivity index (χ4n) is 3.10. The maximum Gasteiger partial charge on any atom is 0.234 e. The number of carbonyl (C=O) groups excluding carboxylic acids is 2. The highest BCUT2D eigenvalue weighted by Crippen LogP contribution is 2.24. The number of thioether (sulfide) groups is 1. The molecule has 2 amide bonds. The van der Waals surface area contributed by atoms with Crippen molar-refractivity contribution in [2.45, 2.75) is 45.8 Å². The fourth-order valence-corrected chi connectivity index (χ4v) is 4.10. The second-order valence-corrected chi connectivity index (χ2v) is 8.77. The molecule has 0 saturated carbocycles. The number of rotatable bonds is 8. The van der Waals surface area contributed by atoms with E-state index in [2.05, 4.69) is 20.8 Å². The van der Waals surface area contributed by atoms with Crippen molar-refractivity contribution in [1.29, 1.82) is 0 Å². The molecule has 0 fully saturated rings. The fraction of sp³-hybridized carbons (Fsp3) is 0.304.